The Labute approximate surface area is 97.5 Å². The molecule has 0 aliphatic heterocycles. The molecule has 16 heavy (non-hydrogen) atoms. The Kier molecular flexibility index (Phi) is 5.02. The first-order valence-corrected chi connectivity index (χ1v) is 5.83. The molecule has 1 aromatic rings. The van der Waals surface area contributed by atoms with E-state index in [1.807, 2.05) is 7.05 Å². The number of rotatable bonds is 6. The Hall–Kier alpha value is -1.32. The molecule has 0 saturated heterocycles. The molecule has 4 heteroatoms. The Morgan fingerprint density at radius 2 is 2.12 bits per heavy atom. The third-order valence-corrected chi connectivity index (χ3v) is 2.43. The van der Waals surface area contributed by atoms with Gasteiger partial charge in [0.1, 0.15) is 12.1 Å². The molecule has 1 rings (SSSR count). The van der Waals surface area contributed by atoms with Crippen molar-refractivity contribution in [1.82, 2.24) is 9.97 Å². The van der Waals surface area contributed by atoms with Crippen LogP contribution in [0.2, 0.25) is 0 Å². The Balaban J connectivity index is 2.71. The van der Waals surface area contributed by atoms with Crippen LogP contribution in [0.5, 0.6) is 5.88 Å². The highest BCUT2D eigenvalue weighted by Crippen LogP contribution is 2.22. The molecule has 0 unspecified atom stereocenters. The van der Waals surface area contributed by atoms with Gasteiger partial charge in [0.15, 0.2) is 0 Å². The van der Waals surface area contributed by atoms with Crippen LogP contribution in [-0.2, 0) is 6.42 Å². The van der Waals surface area contributed by atoms with Gasteiger partial charge in [0.25, 0.3) is 0 Å². The molecule has 0 spiro atoms. The summed E-state index contributed by atoms with van der Waals surface area (Å²) in [4.78, 5) is 8.35. The lowest BCUT2D eigenvalue weighted by atomic mass is 10.1. The molecule has 0 radical (unpaired) electrons. The van der Waals surface area contributed by atoms with E-state index >= 15 is 0 Å². The van der Waals surface area contributed by atoms with Crippen molar-refractivity contribution in [2.75, 3.05) is 19.0 Å². The van der Waals surface area contributed by atoms with Crippen LogP contribution in [0.1, 0.15) is 32.8 Å². The monoisotopic (exact) mass is 223 g/mol. The molecule has 0 bridgehead atoms. The molecule has 90 valence electrons. The van der Waals surface area contributed by atoms with Gasteiger partial charge in [-0.3, -0.25) is 0 Å². The van der Waals surface area contributed by atoms with Crippen molar-refractivity contribution < 1.29 is 4.74 Å². The molecule has 0 atom stereocenters. The molecule has 0 fully saturated rings. The summed E-state index contributed by atoms with van der Waals surface area (Å²) in [6, 6.07) is 0. The second kappa shape index (κ2) is 6.30. The van der Waals surface area contributed by atoms with Crippen LogP contribution in [0.25, 0.3) is 0 Å². The van der Waals surface area contributed by atoms with Gasteiger partial charge < -0.3 is 10.1 Å². The third kappa shape index (κ3) is 3.36. The zero-order valence-corrected chi connectivity index (χ0v) is 10.6. The number of nitrogens with one attached hydrogen (secondary N) is 1. The number of ether oxygens (including phenoxy) is 1. The van der Waals surface area contributed by atoms with Gasteiger partial charge in [0.05, 0.1) is 12.2 Å². The molecule has 0 saturated carbocycles. The fourth-order valence-corrected chi connectivity index (χ4v) is 1.45. The maximum Gasteiger partial charge on any atom is 0.221 e. The Morgan fingerprint density at radius 1 is 1.38 bits per heavy atom. The number of hydrogen-bond acceptors (Lipinski definition) is 4. The number of anilines is 1. The fraction of sp³-hybridized carbons (Fsp3) is 0.667. The topological polar surface area (TPSA) is 47.0 Å². The highest BCUT2D eigenvalue weighted by atomic mass is 16.5. The van der Waals surface area contributed by atoms with Gasteiger partial charge in [-0.2, -0.15) is 0 Å². The maximum atomic E-state index is 5.69. The molecule has 0 aliphatic rings. The van der Waals surface area contributed by atoms with Crippen molar-refractivity contribution in [1.29, 1.82) is 0 Å². The smallest absolute Gasteiger partial charge is 0.221 e. The summed E-state index contributed by atoms with van der Waals surface area (Å²) >= 11 is 0. The quantitative estimate of drug-likeness (QED) is 0.805. The van der Waals surface area contributed by atoms with Crippen molar-refractivity contribution in [2.45, 2.75) is 33.6 Å². The van der Waals surface area contributed by atoms with Crippen molar-refractivity contribution in [3.8, 4) is 5.88 Å². The standard InChI is InChI=1S/C12H21N3O/c1-5-10-11(13-4)14-8-15-12(10)16-7-6-9(2)3/h8-9H,5-7H2,1-4H3,(H,13,14,15). The van der Waals surface area contributed by atoms with Gasteiger partial charge in [-0.1, -0.05) is 20.8 Å². The summed E-state index contributed by atoms with van der Waals surface area (Å²) < 4.78 is 5.69. The second-order valence-electron chi connectivity index (χ2n) is 4.14. The number of hydrogen-bond donors (Lipinski definition) is 1. The first kappa shape index (κ1) is 12.7. The van der Waals surface area contributed by atoms with E-state index in [1.165, 1.54) is 6.33 Å². The first-order chi connectivity index (χ1) is 7.69. The third-order valence-electron chi connectivity index (χ3n) is 2.43. The highest BCUT2D eigenvalue weighted by Gasteiger charge is 2.09. The van der Waals surface area contributed by atoms with Crippen LogP contribution in [0, 0.1) is 5.92 Å². The van der Waals surface area contributed by atoms with Crippen molar-refractivity contribution in [3.63, 3.8) is 0 Å². The maximum absolute atomic E-state index is 5.69. The zero-order valence-electron chi connectivity index (χ0n) is 10.6. The van der Waals surface area contributed by atoms with Gasteiger partial charge in [0.2, 0.25) is 5.88 Å². The largest absolute Gasteiger partial charge is 0.477 e. The van der Waals surface area contributed by atoms with Crippen molar-refractivity contribution in [2.24, 2.45) is 5.92 Å². The molecular formula is C12H21N3O. The highest BCUT2D eigenvalue weighted by molar-refractivity contribution is 5.48. The lowest BCUT2D eigenvalue weighted by molar-refractivity contribution is 0.276. The lowest BCUT2D eigenvalue weighted by Gasteiger charge is -2.12. The van der Waals surface area contributed by atoms with E-state index in [0.29, 0.717) is 18.4 Å². The van der Waals surface area contributed by atoms with E-state index in [4.69, 9.17) is 4.74 Å². The summed E-state index contributed by atoms with van der Waals surface area (Å²) in [5.74, 6) is 2.22. The average Bonchev–Trinajstić information content (AvgIpc) is 2.28. The summed E-state index contributed by atoms with van der Waals surface area (Å²) in [5.41, 5.74) is 1.05. The zero-order chi connectivity index (χ0) is 12.0. The predicted molar refractivity (Wildman–Crippen MR) is 65.9 cm³/mol. The minimum Gasteiger partial charge on any atom is -0.477 e. The molecule has 1 N–H and O–H groups in total. The molecule has 1 heterocycles. The molecule has 0 amide bonds. The normalized spacial score (nSPS) is 10.6. The molecule has 1 aromatic heterocycles. The first-order valence-electron chi connectivity index (χ1n) is 5.83. The number of nitrogens with zero attached hydrogens (tertiary/aromatic N) is 2. The van der Waals surface area contributed by atoms with Crippen LogP contribution < -0.4 is 10.1 Å². The van der Waals surface area contributed by atoms with Crippen molar-refractivity contribution in [3.05, 3.63) is 11.9 Å². The average molecular weight is 223 g/mol. The van der Waals surface area contributed by atoms with Crippen LogP contribution in [0.15, 0.2) is 6.33 Å². The van der Waals surface area contributed by atoms with E-state index in [9.17, 15) is 0 Å². The van der Waals surface area contributed by atoms with E-state index in [1.54, 1.807) is 0 Å². The van der Waals surface area contributed by atoms with Crippen LogP contribution in [0.4, 0.5) is 5.82 Å². The SMILES string of the molecule is CCc1c(NC)ncnc1OCCC(C)C. The van der Waals surface area contributed by atoms with E-state index in [0.717, 1.165) is 24.2 Å². The minimum absolute atomic E-state index is 0.649. The summed E-state index contributed by atoms with van der Waals surface area (Å²) in [5, 5.41) is 3.05. The van der Waals surface area contributed by atoms with Gasteiger partial charge in [-0.15, -0.1) is 0 Å². The van der Waals surface area contributed by atoms with Gasteiger partial charge in [-0.05, 0) is 18.8 Å². The van der Waals surface area contributed by atoms with Gasteiger partial charge in [0, 0.05) is 7.05 Å². The fourth-order valence-electron chi connectivity index (χ4n) is 1.45. The van der Waals surface area contributed by atoms with Gasteiger partial charge >= 0.3 is 0 Å². The number of aromatic nitrogens is 2. The Morgan fingerprint density at radius 3 is 2.69 bits per heavy atom. The molecular weight excluding hydrogens is 202 g/mol. The van der Waals surface area contributed by atoms with E-state index < -0.39 is 0 Å². The second-order valence-corrected chi connectivity index (χ2v) is 4.14. The van der Waals surface area contributed by atoms with Crippen LogP contribution in [0.3, 0.4) is 0 Å². The summed E-state index contributed by atoms with van der Waals surface area (Å²) in [7, 11) is 1.86. The van der Waals surface area contributed by atoms with Gasteiger partial charge in [-0.25, -0.2) is 9.97 Å². The van der Waals surface area contributed by atoms with E-state index in [-0.39, 0.29) is 0 Å². The van der Waals surface area contributed by atoms with Crippen LogP contribution >= 0.6 is 0 Å². The molecule has 0 aromatic carbocycles. The van der Waals surface area contributed by atoms with E-state index in [2.05, 4.69) is 36.1 Å². The minimum atomic E-state index is 0.649. The lowest BCUT2D eigenvalue weighted by Crippen LogP contribution is -2.07. The summed E-state index contributed by atoms with van der Waals surface area (Å²) in [6.45, 7) is 7.16. The Bertz CT molecular complexity index is 326. The molecule has 4 nitrogen and oxygen atoms in total. The summed E-state index contributed by atoms with van der Waals surface area (Å²) in [6.07, 6.45) is 3.45. The predicted octanol–water partition coefficient (Wildman–Crippen LogP) is 2.51. The van der Waals surface area contributed by atoms with Crippen LogP contribution in [-0.4, -0.2) is 23.6 Å². The molecule has 0 aliphatic carbocycles. The van der Waals surface area contributed by atoms with Crippen molar-refractivity contribution >= 4 is 5.82 Å².